The maximum atomic E-state index is 12.8. The van der Waals surface area contributed by atoms with Crippen LogP contribution in [0.15, 0.2) is 22.3 Å². The van der Waals surface area contributed by atoms with Crippen LogP contribution in [0.5, 0.6) is 0 Å². The summed E-state index contributed by atoms with van der Waals surface area (Å²) in [6.45, 7) is 10.2. The molecule has 3 rings (SSSR count). The van der Waals surface area contributed by atoms with Gasteiger partial charge in [-0.3, -0.25) is 14.2 Å². The number of hydrogen-bond donors (Lipinski definition) is 1. The van der Waals surface area contributed by atoms with E-state index in [1.807, 2.05) is 25.3 Å². The van der Waals surface area contributed by atoms with Crippen molar-refractivity contribution in [3.05, 3.63) is 33.4 Å². The summed E-state index contributed by atoms with van der Waals surface area (Å²) < 4.78 is 1.73. The number of thiophene rings is 1. The molecule has 1 amide bonds. The van der Waals surface area contributed by atoms with E-state index in [0.29, 0.717) is 6.54 Å². The van der Waals surface area contributed by atoms with Crippen LogP contribution >= 0.6 is 11.3 Å². The number of carbonyl (C=O) groups is 1. The first-order chi connectivity index (χ1) is 12.5. The molecule has 0 bridgehead atoms. The van der Waals surface area contributed by atoms with E-state index < -0.39 is 0 Å². The summed E-state index contributed by atoms with van der Waals surface area (Å²) in [6, 6.07) is 3.72. The molecular weight excluding hydrogens is 346 g/mol. The number of hydrogen-bond acceptors (Lipinski definition) is 4. The molecule has 0 aliphatic carbocycles. The summed E-state index contributed by atoms with van der Waals surface area (Å²) in [5.74, 6) is 0.575. The molecule has 5 nitrogen and oxygen atoms in total. The second-order valence-electron chi connectivity index (χ2n) is 7.64. The van der Waals surface area contributed by atoms with Gasteiger partial charge in [0.1, 0.15) is 10.4 Å². The van der Waals surface area contributed by atoms with Crippen LogP contribution in [-0.4, -0.2) is 41.6 Å². The van der Waals surface area contributed by atoms with Gasteiger partial charge in [0, 0.05) is 18.0 Å². The minimum atomic E-state index is -0.259. The van der Waals surface area contributed by atoms with Crippen molar-refractivity contribution < 1.29 is 4.79 Å². The van der Waals surface area contributed by atoms with Gasteiger partial charge in [0.05, 0.1) is 0 Å². The van der Waals surface area contributed by atoms with Crippen molar-refractivity contribution in [3.63, 3.8) is 0 Å². The minimum absolute atomic E-state index is 0.0258. The maximum absolute atomic E-state index is 12.8. The van der Waals surface area contributed by atoms with E-state index in [-0.39, 0.29) is 23.1 Å². The van der Waals surface area contributed by atoms with Gasteiger partial charge < -0.3 is 10.2 Å². The molecule has 1 N–H and O–H groups in total. The number of pyridine rings is 1. The van der Waals surface area contributed by atoms with E-state index in [9.17, 15) is 9.59 Å². The van der Waals surface area contributed by atoms with Crippen molar-refractivity contribution >= 4 is 27.5 Å². The molecule has 1 saturated heterocycles. The summed E-state index contributed by atoms with van der Waals surface area (Å²) in [6.07, 6.45) is 3.45. The summed E-state index contributed by atoms with van der Waals surface area (Å²) in [5, 5.41) is 5.85. The molecule has 1 aliphatic rings. The molecule has 0 saturated carbocycles. The van der Waals surface area contributed by atoms with Crippen molar-refractivity contribution in [2.75, 3.05) is 26.2 Å². The first kappa shape index (κ1) is 19.1. The Morgan fingerprint density at radius 1 is 1.35 bits per heavy atom. The molecule has 2 aromatic heterocycles. The Balaban J connectivity index is 1.61. The quantitative estimate of drug-likeness (QED) is 0.786. The molecule has 26 heavy (non-hydrogen) atoms. The third-order valence-electron chi connectivity index (χ3n) is 5.22. The molecule has 3 heterocycles. The number of amides is 1. The molecule has 1 aliphatic heterocycles. The van der Waals surface area contributed by atoms with Crippen molar-refractivity contribution in [3.8, 4) is 0 Å². The highest BCUT2D eigenvalue weighted by molar-refractivity contribution is 7.16. The highest BCUT2D eigenvalue weighted by atomic mass is 32.1. The first-order valence-electron chi connectivity index (χ1n) is 9.60. The van der Waals surface area contributed by atoms with Crippen LogP contribution < -0.4 is 10.9 Å². The number of aromatic nitrogens is 1. The zero-order valence-corrected chi connectivity index (χ0v) is 16.8. The first-order valence-corrected chi connectivity index (χ1v) is 10.5. The fourth-order valence-electron chi connectivity index (χ4n) is 3.57. The Bertz CT molecular complexity index is 816. The zero-order valence-electron chi connectivity index (χ0n) is 16.0. The van der Waals surface area contributed by atoms with E-state index >= 15 is 0 Å². The van der Waals surface area contributed by atoms with Crippen LogP contribution in [0.1, 0.15) is 56.4 Å². The summed E-state index contributed by atoms with van der Waals surface area (Å²) in [4.78, 5) is 28.7. The number of fused-ring (bicyclic) bond motifs is 1. The average molecular weight is 376 g/mol. The van der Waals surface area contributed by atoms with Gasteiger partial charge in [-0.05, 0) is 76.2 Å². The van der Waals surface area contributed by atoms with Gasteiger partial charge >= 0.3 is 0 Å². The minimum Gasteiger partial charge on any atom is -0.352 e. The molecule has 0 atom stereocenters. The summed E-state index contributed by atoms with van der Waals surface area (Å²) in [7, 11) is 0. The molecule has 0 unspecified atom stereocenters. The SMILES string of the molecule is CC1CCN(CCCNC(=O)c2cc3ccsc3n(C(C)C)c2=O)CC1. The van der Waals surface area contributed by atoms with Crippen molar-refractivity contribution in [1.82, 2.24) is 14.8 Å². The number of likely N-dealkylation sites (tertiary alicyclic amines) is 1. The highest BCUT2D eigenvalue weighted by Gasteiger charge is 2.18. The molecule has 0 radical (unpaired) electrons. The lowest BCUT2D eigenvalue weighted by molar-refractivity contribution is 0.0948. The Kier molecular flexibility index (Phi) is 6.14. The predicted octanol–water partition coefficient (Wildman–Crippen LogP) is 3.50. The van der Waals surface area contributed by atoms with Crippen LogP contribution in [0.2, 0.25) is 0 Å². The standard InChI is InChI=1S/C20H29N3O2S/c1-14(2)23-19(25)17(13-16-7-12-26-20(16)23)18(24)21-8-4-9-22-10-5-15(3)6-11-22/h7,12-15H,4-6,8-11H2,1-3H3,(H,21,24). The zero-order chi connectivity index (χ0) is 18.7. The van der Waals surface area contributed by atoms with Crippen molar-refractivity contribution in [2.45, 2.75) is 46.1 Å². The van der Waals surface area contributed by atoms with E-state index in [0.717, 1.165) is 42.2 Å². The number of carbonyl (C=O) groups excluding carboxylic acids is 1. The third-order valence-corrected chi connectivity index (χ3v) is 6.14. The molecular formula is C20H29N3O2S. The fraction of sp³-hybridized carbons (Fsp3) is 0.600. The van der Waals surface area contributed by atoms with Crippen LogP contribution in [0.25, 0.3) is 10.2 Å². The number of nitrogens with zero attached hydrogens (tertiary/aromatic N) is 2. The molecule has 1 fully saturated rings. The molecule has 2 aromatic rings. The Labute approximate surface area is 159 Å². The van der Waals surface area contributed by atoms with E-state index in [4.69, 9.17) is 0 Å². The average Bonchev–Trinajstić information content (AvgIpc) is 3.07. The normalized spacial score (nSPS) is 16.5. The summed E-state index contributed by atoms with van der Waals surface area (Å²) >= 11 is 1.54. The topological polar surface area (TPSA) is 54.3 Å². The van der Waals surface area contributed by atoms with Crippen molar-refractivity contribution in [1.29, 1.82) is 0 Å². The monoisotopic (exact) mass is 375 g/mol. The largest absolute Gasteiger partial charge is 0.352 e. The smallest absolute Gasteiger partial charge is 0.264 e. The lowest BCUT2D eigenvalue weighted by Gasteiger charge is -2.30. The number of piperidine rings is 1. The van der Waals surface area contributed by atoms with Gasteiger partial charge in [0.25, 0.3) is 11.5 Å². The van der Waals surface area contributed by atoms with Gasteiger partial charge in [0.2, 0.25) is 0 Å². The predicted molar refractivity (Wildman–Crippen MR) is 108 cm³/mol. The molecule has 6 heteroatoms. The second kappa shape index (κ2) is 8.35. The van der Waals surface area contributed by atoms with Crippen LogP contribution in [0, 0.1) is 5.92 Å². The van der Waals surface area contributed by atoms with E-state index in [1.54, 1.807) is 10.6 Å². The van der Waals surface area contributed by atoms with Crippen LogP contribution in [-0.2, 0) is 0 Å². The Hall–Kier alpha value is -1.66. The lowest BCUT2D eigenvalue weighted by atomic mass is 9.99. The highest BCUT2D eigenvalue weighted by Crippen LogP contribution is 2.22. The molecule has 0 spiro atoms. The van der Waals surface area contributed by atoms with Crippen LogP contribution in [0.3, 0.4) is 0 Å². The van der Waals surface area contributed by atoms with Crippen molar-refractivity contribution in [2.24, 2.45) is 5.92 Å². The van der Waals surface area contributed by atoms with E-state index in [1.165, 1.54) is 24.2 Å². The maximum Gasteiger partial charge on any atom is 0.264 e. The molecule has 142 valence electrons. The van der Waals surface area contributed by atoms with Gasteiger partial charge in [-0.25, -0.2) is 0 Å². The van der Waals surface area contributed by atoms with Gasteiger partial charge in [-0.2, -0.15) is 0 Å². The second-order valence-corrected chi connectivity index (χ2v) is 8.54. The number of rotatable bonds is 6. The van der Waals surface area contributed by atoms with Gasteiger partial charge in [-0.15, -0.1) is 11.3 Å². The van der Waals surface area contributed by atoms with E-state index in [2.05, 4.69) is 17.1 Å². The van der Waals surface area contributed by atoms with Gasteiger partial charge in [-0.1, -0.05) is 6.92 Å². The summed E-state index contributed by atoms with van der Waals surface area (Å²) in [5.41, 5.74) is 0.0499. The fourth-order valence-corrected chi connectivity index (χ4v) is 4.59. The Morgan fingerprint density at radius 3 is 2.77 bits per heavy atom. The lowest BCUT2D eigenvalue weighted by Crippen LogP contribution is -2.37. The Morgan fingerprint density at radius 2 is 2.08 bits per heavy atom. The molecule has 0 aromatic carbocycles. The van der Waals surface area contributed by atoms with Crippen LogP contribution in [0.4, 0.5) is 0 Å². The number of nitrogens with one attached hydrogen (secondary N) is 1. The van der Waals surface area contributed by atoms with Gasteiger partial charge in [0.15, 0.2) is 0 Å². The third kappa shape index (κ3) is 4.18.